The van der Waals surface area contributed by atoms with E-state index in [1.54, 1.807) is 0 Å². The van der Waals surface area contributed by atoms with Crippen LogP contribution in [0.4, 0.5) is 0 Å². The Bertz CT molecular complexity index is 261. The molecule has 0 bridgehead atoms. The van der Waals surface area contributed by atoms with Crippen molar-refractivity contribution in [2.45, 2.75) is 45.8 Å². The number of piperidine rings is 1. The van der Waals surface area contributed by atoms with Crippen molar-refractivity contribution in [1.82, 2.24) is 10.2 Å². The molecule has 1 N–H and O–H groups in total. The molecule has 1 aliphatic heterocycles. The van der Waals surface area contributed by atoms with Gasteiger partial charge in [-0.15, -0.1) is 0 Å². The molecule has 1 saturated heterocycles. The Labute approximate surface area is 105 Å². The summed E-state index contributed by atoms with van der Waals surface area (Å²) in [6.07, 6.45) is 0.895. The molecule has 0 amide bonds. The van der Waals surface area contributed by atoms with Crippen LogP contribution in [0, 0.1) is 5.92 Å². The summed E-state index contributed by atoms with van der Waals surface area (Å²) in [7, 11) is 2.10. The van der Waals surface area contributed by atoms with E-state index in [-0.39, 0.29) is 17.5 Å². The van der Waals surface area contributed by atoms with Gasteiger partial charge in [0, 0.05) is 19.1 Å². The Balaban J connectivity index is 2.52. The topological polar surface area (TPSA) is 41.6 Å². The Hall–Kier alpha value is -0.610. The molecule has 0 unspecified atom stereocenters. The first kappa shape index (κ1) is 14.5. The second kappa shape index (κ2) is 5.83. The van der Waals surface area contributed by atoms with Gasteiger partial charge in [0.05, 0.1) is 5.92 Å². The smallest absolute Gasteiger partial charge is 0.310 e. The molecule has 0 spiro atoms. The Kier molecular flexibility index (Phi) is 4.95. The predicted octanol–water partition coefficient (Wildman–Crippen LogP) is 1.26. The number of likely N-dealkylation sites (N-methyl/N-ethyl adjacent to an activating group) is 1. The van der Waals surface area contributed by atoms with Crippen LogP contribution in [0.2, 0.25) is 0 Å². The highest BCUT2D eigenvalue weighted by atomic mass is 16.6. The molecular weight excluding hydrogens is 216 g/mol. The maximum absolute atomic E-state index is 12.0. The van der Waals surface area contributed by atoms with Crippen molar-refractivity contribution in [1.29, 1.82) is 0 Å². The number of nitrogens with zero attached hydrogens (tertiary/aromatic N) is 1. The standard InChI is InChI=1S/C13H26N2O2/c1-6-15(5)11-7-10(8-14-9-11)12(16)17-13(2,3)4/h10-11,14H,6-9H2,1-5H3/t10-,11-/m1/s1. The summed E-state index contributed by atoms with van der Waals surface area (Å²) in [4.78, 5) is 14.3. The van der Waals surface area contributed by atoms with Gasteiger partial charge in [0.15, 0.2) is 0 Å². The summed E-state index contributed by atoms with van der Waals surface area (Å²) in [6, 6.07) is 0.436. The van der Waals surface area contributed by atoms with Gasteiger partial charge in [0.2, 0.25) is 0 Å². The first-order valence-corrected chi connectivity index (χ1v) is 6.47. The molecule has 1 heterocycles. The summed E-state index contributed by atoms with van der Waals surface area (Å²) in [5, 5.41) is 3.32. The van der Waals surface area contributed by atoms with Gasteiger partial charge in [0.1, 0.15) is 5.60 Å². The Morgan fingerprint density at radius 3 is 2.59 bits per heavy atom. The number of hydrogen-bond acceptors (Lipinski definition) is 4. The summed E-state index contributed by atoms with van der Waals surface area (Å²) in [5.41, 5.74) is -0.388. The molecule has 4 heteroatoms. The molecule has 17 heavy (non-hydrogen) atoms. The lowest BCUT2D eigenvalue weighted by atomic mass is 9.94. The highest BCUT2D eigenvalue weighted by molar-refractivity contribution is 5.73. The number of carbonyl (C=O) groups excluding carboxylic acids is 1. The molecule has 0 radical (unpaired) electrons. The quantitative estimate of drug-likeness (QED) is 0.757. The van der Waals surface area contributed by atoms with Crippen LogP contribution < -0.4 is 5.32 Å². The van der Waals surface area contributed by atoms with Crippen LogP contribution >= 0.6 is 0 Å². The van der Waals surface area contributed by atoms with Crippen LogP contribution in [0.1, 0.15) is 34.1 Å². The van der Waals surface area contributed by atoms with Gasteiger partial charge in [-0.1, -0.05) is 6.92 Å². The van der Waals surface area contributed by atoms with Crippen molar-refractivity contribution < 1.29 is 9.53 Å². The first-order valence-electron chi connectivity index (χ1n) is 6.47. The van der Waals surface area contributed by atoms with Gasteiger partial charge in [-0.3, -0.25) is 4.79 Å². The number of carbonyl (C=O) groups is 1. The van der Waals surface area contributed by atoms with E-state index >= 15 is 0 Å². The molecule has 1 aliphatic rings. The highest BCUT2D eigenvalue weighted by Crippen LogP contribution is 2.19. The monoisotopic (exact) mass is 242 g/mol. The fourth-order valence-electron chi connectivity index (χ4n) is 2.08. The second-order valence-corrected chi connectivity index (χ2v) is 5.85. The molecule has 4 nitrogen and oxygen atoms in total. The van der Waals surface area contributed by atoms with Gasteiger partial charge in [0.25, 0.3) is 0 Å². The van der Waals surface area contributed by atoms with Crippen molar-refractivity contribution in [3.8, 4) is 0 Å². The van der Waals surface area contributed by atoms with Crippen molar-refractivity contribution in [3.05, 3.63) is 0 Å². The lowest BCUT2D eigenvalue weighted by Crippen LogP contribution is -2.50. The van der Waals surface area contributed by atoms with Crippen LogP contribution in [0.5, 0.6) is 0 Å². The van der Waals surface area contributed by atoms with Crippen LogP contribution in [0.15, 0.2) is 0 Å². The van der Waals surface area contributed by atoms with E-state index in [0.29, 0.717) is 6.04 Å². The van der Waals surface area contributed by atoms with Crippen molar-refractivity contribution >= 4 is 5.97 Å². The molecular formula is C13H26N2O2. The lowest BCUT2D eigenvalue weighted by molar-refractivity contribution is -0.161. The third-order valence-corrected chi connectivity index (χ3v) is 3.19. The average Bonchev–Trinajstić information content (AvgIpc) is 2.26. The van der Waals surface area contributed by atoms with Crippen LogP contribution in [0.3, 0.4) is 0 Å². The third kappa shape index (κ3) is 4.64. The summed E-state index contributed by atoms with van der Waals surface area (Å²) in [6.45, 7) is 10.6. The molecule has 1 rings (SSSR count). The number of esters is 1. The Morgan fingerprint density at radius 2 is 2.06 bits per heavy atom. The van der Waals surface area contributed by atoms with E-state index in [1.165, 1.54) is 0 Å². The number of rotatable bonds is 3. The Morgan fingerprint density at radius 1 is 1.41 bits per heavy atom. The molecule has 0 aliphatic carbocycles. The molecule has 2 atom stereocenters. The summed E-state index contributed by atoms with van der Waals surface area (Å²) >= 11 is 0. The van der Waals surface area contributed by atoms with E-state index in [4.69, 9.17) is 4.74 Å². The normalized spacial score (nSPS) is 26.0. The van der Waals surface area contributed by atoms with Gasteiger partial charge >= 0.3 is 5.97 Å². The zero-order valence-corrected chi connectivity index (χ0v) is 11.7. The molecule has 0 saturated carbocycles. The minimum atomic E-state index is -0.388. The molecule has 0 aromatic rings. The largest absolute Gasteiger partial charge is 0.460 e. The van der Waals surface area contributed by atoms with Crippen LogP contribution in [0.25, 0.3) is 0 Å². The van der Waals surface area contributed by atoms with E-state index in [2.05, 4.69) is 24.2 Å². The minimum Gasteiger partial charge on any atom is -0.460 e. The lowest BCUT2D eigenvalue weighted by Gasteiger charge is -2.35. The zero-order valence-electron chi connectivity index (χ0n) is 11.7. The maximum Gasteiger partial charge on any atom is 0.310 e. The zero-order chi connectivity index (χ0) is 13.1. The molecule has 100 valence electrons. The number of hydrogen-bond donors (Lipinski definition) is 1. The van der Waals surface area contributed by atoms with Crippen molar-refractivity contribution in [2.75, 3.05) is 26.7 Å². The van der Waals surface area contributed by atoms with Gasteiger partial charge < -0.3 is 15.0 Å². The number of nitrogens with one attached hydrogen (secondary N) is 1. The third-order valence-electron chi connectivity index (χ3n) is 3.19. The SMILES string of the molecule is CCN(C)[C@H]1CNC[C@H](C(=O)OC(C)(C)C)C1. The van der Waals surface area contributed by atoms with Crippen molar-refractivity contribution in [2.24, 2.45) is 5.92 Å². The van der Waals surface area contributed by atoms with E-state index < -0.39 is 0 Å². The van der Waals surface area contributed by atoms with Crippen LogP contribution in [-0.2, 0) is 9.53 Å². The maximum atomic E-state index is 12.0. The van der Waals surface area contributed by atoms with E-state index in [1.807, 2.05) is 20.8 Å². The molecule has 0 aromatic heterocycles. The molecule has 0 aromatic carbocycles. The van der Waals surface area contributed by atoms with Gasteiger partial charge in [-0.25, -0.2) is 0 Å². The fourth-order valence-corrected chi connectivity index (χ4v) is 2.08. The summed E-state index contributed by atoms with van der Waals surface area (Å²) < 4.78 is 5.44. The van der Waals surface area contributed by atoms with Crippen molar-refractivity contribution in [3.63, 3.8) is 0 Å². The van der Waals surface area contributed by atoms with E-state index in [0.717, 1.165) is 26.1 Å². The second-order valence-electron chi connectivity index (χ2n) is 5.85. The minimum absolute atomic E-state index is 0.0121. The average molecular weight is 242 g/mol. The number of ether oxygens (including phenoxy) is 1. The van der Waals surface area contributed by atoms with Crippen LogP contribution in [-0.4, -0.2) is 49.2 Å². The predicted molar refractivity (Wildman–Crippen MR) is 68.9 cm³/mol. The summed E-state index contributed by atoms with van der Waals surface area (Å²) in [5.74, 6) is -0.0822. The van der Waals surface area contributed by atoms with E-state index in [9.17, 15) is 4.79 Å². The van der Waals surface area contributed by atoms with Gasteiger partial charge in [-0.05, 0) is 40.8 Å². The first-order chi connectivity index (χ1) is 7.83. The van der Waals surface area contributed by atoms with Gasteiger partial charge in [-0.2, -0.15) is 0 Å². The molecule has 1 fully saturated rings. The highest BCUT2D eigenvalue weighted by Gasteiger charge is 2.31. The fraction of sp³-hybridized carbons (Fsp3) is 0.923.